The zero-order chi connectivity index (χ0) is 15.8. The molecular formula is C16H14Cl2N4S. The van der Waals surface area contributed by atoms with Crippen LogP contribution in [0.2, 0.25) is 10.0 Å². The maximum absolute atomic E-state index is 6.06. The Balaban J connectivity index is 1.46. The van der Waals surface area contributed by atoms with Gasteiger partial charge in [0.15, 0.2) is 5.65 Å². The van der Waals surface area contributed by atoms with Crippen LogP contribution in [0.3, 0.4) is 0 Å². The molecule has 1 aliphatic rings. The van der Waals surface area contributed by atoms with Crippen molar-refractivity contribution in [2.75, 3.05) is 0 Å². The average molecular weight is 365 g/mol. The molecule has 23 heavy (non-hydrogen) atoms. The predicted molar refractivity (Wildman–Crippen MR) is 95.2 cm³/mol. The summed E-state index contributed by atoms with van der Waals surface area (Å²) in [5, 5.41) is 9.34. The number of pyridine rings is 1. The molecule has 2 heterocycles. The smallest absolute Gasteiger partial charge is 0.155 e. The Morgan fingerprint density at radius 3 is 3.00 bits per heavy atom. The minimum Gasteiger partial charge on any atom is -0.261 e. The number of nitrogens with zero attached hydrogens (tertiary/aromatic N) is 2. The van der Waals surface area contributed by atoms with Gasteiger partial charge in [0.25, 0.3) is 0 Å². The number of benzene rings is 1. The molecule has 0 saturated carbocycles. The largest absolute Gasteiger partial charge is 0.261 e. The van der Waals surface area contributed by atoms with E-state index in [1.165, 1.54) is 11.1 Å². The number of aryl methyl sites for hydroxylation is 1. The van der Waals surface area contributed by atoms with Crippen LogP contribution in [-0.4, -0.2) is 21.2 Å². The second kappa shape index (κ2) is 6.32. The average Bonchev–Trinajstić information content (AvgIpc) is 3.04. The number of hydrogen-bond acceptors (Lipinski definition) is 4. The van der Waals surface area contributed by atoms with Crippen LogP contribution >= 0.6 is 35.1 Å². The van der Waals surface area contributed by atoms with Crippen LogP contribution in [0.1, 0.15) is 17.5 Å². The van der Waals surface area contributed by atoms with Crippen molar-refractivity contribution in [1.82, 2.24) is 19.9 Å². The van der Waals surface area contributed by atoms with Crippen LogP contribution in [0.15, 0.2) is 35.5 Å². The highest BCUT2D eigenvalue weighted by Gasteiger charge is 2.21. The molecule has 0 spiro atoms. The van der Waals surface area contributed by atoms with E-state index in [-0.39, 0.29) is 0 Å². The fourth-order valence-corrected chi connectivity index (χ4v) is 4.12. The first-order valence-electron chi connectivity index (χ1n) is 7.38. The van der Waals surface area contributed by atoms with E-state index >= 15 is 0 Å². The van der Waals surface area contributed by atoms with Gasteiger partial charge in [0.05, 0.1) is 16.2 Å². The van der Waals surface area contributed by atoms with Gasteiger partial charge in [0.1, 0.15) is 0 Å². The highest BCUT2D eigenvalue weighted by atomic mass is 35.5. The summed E-state index contributed by atoms with van der Waals surface area (Å²) in [4.78, 5) is 5.51. The van der Waals surface area contributed by atoms with E-state index in [1.807, 2.05) is 30.6 Å². The Bertz CT molecular complexity index is 864. The Labute approximate surface area is 148 Å². The van der Waals surface area contributed by atoms with Crippen LogP contribution in [0.5, 0.6) is 0 Å². The lowest BCUT2D eigenvalue weighted by molar-refractivity contribution is 0.547. The summed E-state index contributed by atoms with van der Waals surface area (Å²) in [6, 6.07) is 6.09. The molecule has 0 aliphatic heterocycles. The SMILES string of the molecule is Clc1ccc(SNC2CCc3c(cnc4[nH]ncc34)C2)cc1Cl. The van der Waals surface area contributed by atoms with Gasteiger partial charge in [-0.05, 0) is 60.5 Å². The van der Waals surface area contributed by atoms with E-state index in [4.69, 9.17) is 23.2 Å². The first-order chi connectivity index (χ1) is 11.2. The summed E-state index contributed by atoms with van der Waals surface area (Å²) in [5.74, 6) is 0. The molecule has 4 nitrogen and oxygen atoms in total. The zero-order valence-corrected chi connectivity index (χ0v) is 14.5. The van der Waals surface area contributed by atoms with Crippen molar-refractivity contribution >= 4 is 46.2 Å². The van der Waals surface area contributed by atoms with Gasteiger partial charge in [-0.1, -0.05) is 23.2 Å². The molecule has 0 amide bonds. The number of aromatic nitrogens is 3. The van der Waals surface area contributed by atoms with Crippen molar-refractivity contribution in [3.8, 4) is 0 Å². The quantitative estimate of drug-likeness (QED) is 0.675. The van der Waals surface area contributed by atoms with Crippen LogP contribution < -0.4 is 4.72 Å². The van der Waals surface area contributed by atoms with E-state index in [0.717, 1.165) is 35.2 Å². The Kier molecular flexibility index (Phi) is 4.20. The molecule has 0 saturated heterocycles. The third kappa shape index (κ3) is 3.06. The Morgan fingerprint density at radius 1 is 1.22 bits per heavy atom. The molecule has 1 aromatic carbocycles. The van der Waals surface area contributed by atoms with Crippen molar-refractivity contribution in [3.63, 3.8) is 0 Å². The summed E-state index contributed by atoms with van der Waals surface area (Å²) in [5.41, 5.74) is 3.55. The fraction of sp³-hybridized carbons (Fsp3) is 0.250. The lowest BCUT2D eigenvalue weighted by Gasteiger charge is -2.25. The van der Waals surface area contributed by atoms with E-state index in [2.05, 4.69) is 19.9 Å². The molecule has 1 atom stereocenters. The monoisotopic (exact) mass is 364 g/mol. The van der Waals surface area contributed by atoms with Crippen molar-refractivity contribution in [2.45, 2.75) is 30.2 Å². The minimum atomic E-state index is 0.410. The number of hydrogen-bond donors (Lipinski definition) is 2. The van der Waals surface area contributed by atoms with Crippen LogP contribution in [0, 0.1) is 0 Å². The minimum absolute atomic E-state index is 0.410. The molecule has 7 heteroatoms. The highest BCUT2D eigenvalue weighted by molar-refractivity contribution is 7.97. The molecule has 2 aromatic heterocycles. The Morgan fingerprint density at radius 2 is 2.13 bits per heavy atom. The topological polar surface area (TPSA) is 53.6 Å². The number of rotatable bonds is 3. The van der Waals surface area contributed by atoms with E-state index in [9.17, 15) is 0 Å². The molecule has 2 N–H and O–H groups in total. The molecule has 1 aliphatic carbocycles. The van der Waals surface area contributed by atoms with Crippen molar-refractivity contribution < 1.29 is 0 Å². The normalized spacial score (nSPS) is 17.4. The maximum Gasteiger partial charge on any atom is 0.155 e. The third-order valence-corrected chi connectivity index (χ3v) is 5.80. The number of aromatic amines is 1. The van der Waals surface area contributed by atoms with Gasteiger partial charge in [-0.2, -0.15) is 5.10 Å². The van der Waals surface area contributed by atoms with Gasteiger partial charge in [0.2, 0.25) is 0 Å². The van der Waals surface area contributed by atoms with Gasteiger partial charge >= 0.3 is 0 Å². The standard InChI is InChI=1S/C16H14Cl2N4S/c17-14-4-2-11(6-15(14)18)23-22-10-1-3-12-9(5-10)7-19-16-13(12)8-20-21-16/h2,4,6-8,10,22H,1,3,5H2,(H,19,20,21). The predicted octanol–water partition coefficient (Wildman–Crippen LogP) is 4.42. The molecule has 3 aromatic rings. The van der Waals surface area contributed by atoms with E-state index < -0.39 is 0 Å². The maximum atomic E-state index is 6.06. The number of H-pyrrole nitrogens is 1. The molecule has 4 rings (SSSR count). The lowest BCUT2D eigenvalue weighted by atomic mass is 9.88. The van der Waals surface area contributed by atoms with Crippen LogP contribution in [-0.2, 0) is 12.8 Å². The third-order valence-electron chi connectivity index (χ3n) is 4.13. The first kappa shape index (κ1) is 15.3. The summed E-state index contributed by atoms with van der Waals surface area (Å²) in [7, 11) is 0. The van der Waals surface area contributed by atoms with Crippen molar-refractivity contribution in [1.29, 1.82) is 0 Å². The highest BCUT2D eigenvalue weighted by Crippen LogP contribution is 2.30. The summed E-state index contributed by atoms with van der Waals surface area (Å²) in [6.45, 7) is 0. The van der Waals surface area contributed by atoms with E-state index in [1.54, 1.807) is 11.9 Å². The zero-order valence-electron chi connectivity index (χ0n) is 12.1. The van der Waals surface area contributed by atoms with Gasteiger partial charge in [-0.15, -0.1) is 0 Å². The van der Waals surface area contributed by atoms with Gasteiger partial charge < -0.3 is 0 Å². The second-order valence-corrected chi connectivity index (χ2v) is 7.36. The van der Waals surface area contributed by atoms with Gasteiger partial charge in [-0.3, -0.25) is 9.82 Å². The molecule has 0 radical (unpaired) electrons. The molecule has 1 unspecified atom stereocenters. The van der Waals surface area contributed by atoms with Gasteiger partial charge in [0, 0.05) is 22.5 Å². The molecule has 0 fully saturated rings. The Hall–Kier alpha value is -1.27. The summed E-state index contributed by atoms with van der Waals surface area (Å²) >= 11 is 13.6. The lowest BCUT2D eigenvalue weighted by Crippen LogP contribution is -2.30. The van der Waals surface area contributed by atoms with Gasteiger partial charge in [-0.25, -0.2) is 4.98 Å². The van der Waals surface area contributed by atoms with Crippen LogP contribution in [0.25, 0.3) is 11.0 Å². The molecule has 0 bridgehead atoms. The van der Waals surface area contributed by atoms with Crippen LogP contribution in [0.4, 0.5) is 0 Å². The van der Waals surface area contributed by atoms with Crippen molar-refractivity contribution in [2.24, 2.45) is 0 Å². The van der Waals surface area contributed by atoms with Crippen molar-refractivity contribution in [3.05, 3.63) is 51.8 Å². The number of fused-ring (bicyclic) bond motifs is 3. The first-order valence-corrected chi connectivity index (χ1v) is 8.95. The summed E-state index contributed by atoms with van der Waals surface area (Å²) < 4.78 is 3.53. The molecular weight excluding hydrogens is 351 g/mol. The second-order valence-electron chi connectivity index (χ2n) is 5.63. The van der Waals surface area contributed by atoms with E-state index in [0.29, 0.717) is 16.1 Å². The summed E-state index contributed by atoms with van der Waals surface area (Å²) in [6.07, 6.45) is 6.93. The molecule has 118 valence electrons. The number of nitrogens with one attached hydrogen (secondary N) is 2. The number of halogens is 2. The fourth-order valence-electron chi connectivity index (χ4n) is 2.94.